The quantitative estimate of drug-likeness (QED) is 0.699. The van der Waals surface area contributed by atoms with E-state index in [2.05, 4.69) is 0 Å². The first-order chi connectivity index (χ1) is 6.56. The van der Waals surface area contributed by atoms with Gasteiger partial charge in [-0.2, -0.15) is 0 Å². The highest BCUT2D eigenvalue weighted by molar-refractivity contribution is 6.17. The van der Waals surface area contributed by atoms with Gasteiger partial charge in [0.05, 0.1) is 5.69 Å². The number of hydrogen-bond donors (Lipinski definition) is 0. The molecule has 1 aromatic carbocycles. The average molecular weight is 216 g/mol. The van der Waals surface area contributed by atoms with E-state index in [1.165, 1.54) is 6.07 Å². The minimum absolute atomic E-state index is 0.209. The van der Waals surface area contributed by atoms with Gasteiger partial charge in [-0.3, -0.25) is 0 Å². The summed E-state index contributed by atoms with van der Waals surface area (Å²) in [6.45, 7) is 4.05. The van der Waals surface area contributed by atoms with E-state index in [4.69, 9.17) is 11.6 Å². The first kappa shape index (κ1) is 11.3. The fourth-order valence-electron chi connectivity index (χ4n) is 1.20. The maximum atomic E-state index is 13.5. The fraction of sp³-hybridized carbons (Fsp3) is 0.455. The molecule has 0 saturated carbocycles. The van der Waals surface area contributed by atoms with E-state index in [1.54, 1.807) is 6.07 Å². The lowest BCUT2D eigenvalue weighted by atomic mass is 10.2. The van der Waals surface area contributed by atoms with Crippen LogP contribution in [0, 0.1) is 5.82 Å². The summed E-state index contributed by atoms with van der Waals surface area (Å²) in [5, 5.41) is 0. The van der Waals surface area contributed by atoms with Gasteiger partial charge in [-0.25, -0.2) is 4.39 Å². The molecule has 0 fully saturated rings. The van der Waals surface area contributed by atoms with Crippen LogP contribution < -0.4 is 4.90 Å². The van der Waals surface area contributed by atoms with Gasteiger partial charge >= 0.3 is 0 Å². The molecule has 14 heavy (non-hydrogen) atoms. The molecule has 78 valence electrons. The van der Waals surface area contributed by atoms with Crippen LogP contribution in [0.15, 0.2) is 18.2 Å². The van der Waals surface area contributed by atoms with E-state index in [0.29, 0.717) is 11.6 Å². The number of halogens is 2. The zero-order valence-corrected chi connectivity index (χ0v) is 9.48. The number of rotatable bonds is 3. The van der Waals surface area contributed by atoms with Gasteiger partial charge in [0, 0.05) is 19.0 Å². The van der Waals surface area contributed by atoms with Gasteiger partial charge < -0.3 is 4.90 Å². The molecule has 0 amide bonds. The Morgan fingerprint density at radius 1 is 1.43 bits per heavy atom. The van der Waals surface area contributed by atoms with Crippen molar-refractivity contribution < 1.29 is 4.39 Å². The maximum absolute atomic E-state index is 13.5. The van der Waals surface area contributed by atoms with Crippen molar-refractivity contribution in [3.63, 3.8) is 0 Å². The Labute approximate surface area is 89.5 Å². The maximum Gasteiger partial charge on any atom is 0.146 e. The van der Waals surface area contributed by atoms with Gasteiger partial charge in [-0.1, -0.05) is 6.07 Å². The van der Waals surface area contributed by atoms with Gasteiger partial charge in [0.15, 0.2) is 0 Å². The Morgan fingerprint density at radius 2 is 2.07 bits per heavy atom. The Hall–Kier alpha value is -0.760. The summed E-state index contributed by atoms with van der Waals surface area (Å²) in [7, 11) is 1.88. The highest BCUT2D eigenvalue weighted by Gasteiger charge is 2.10. The Kier molecular flexibility index (Phi) is 3.76. The molecule has 0 heterocycles. The molecule has 0 aliphatic heterocycles. The molecule has 0 aliphatic carbocycles. The van der Waals surface area contributed by atoms with Crippen LogP contribution in [0.4, 0.5) is 10.1 Å². The predicted octanol–water partition coefficient (Wildman–Crippen LogP) is 3.41. The molecule has 1 rings (SSSR count). The first-order valence-electron chi connectivity index (χ1n) is 4.63. The minimum atomic E-state index is -0.209. The Bertz CT molecular complexity index is 312. The second-order valence-electron chi connectivity index (χ2n) is 3.62. The van der Waals surface area contributed by atoms with Crippen molar-refractivity contribution >= 4 is 17.3 Å². The standard InChI is InChI=1S/C11H15ClFN/c1-8(2)14(3)11-5-4-9(7-12)6-10(11)13/h4-6,8H,7H2,1-3H3. The van der Waals surface area contributed by atoms with Crippen LogP contribution in [0.3, 0.4) is 0 Å². The zero-order chi connectivity index (χ0) is 10.7. The highest BCUT2D eigenvalue weighted by Crippen LogP contribution is 2.21. The topological polar surface area (TPSA) is 3.24 Å². The summed E-state index contributed by atoms with van der Waals surface area (Å²) in [6.07, 6.45) is 0. The number of alkyl halides is 1. The monoisotopic (exact) mass is 215 g/mol. The largest absolute Gasteiger partial charge is 0.370 e. The third-order valence-electron chi connectivity index (χ3n) is 2.32. The normalized spacial score (nSPS) is 10.7. The molecule has 0 saturated heterocycles. The summed E-state index contributed by atoms with van der Waals surface area (Å²) in [6, 6.07) is 5.39. The summed E-state index contributed by atoms with van der Waals surface area (Å²) >= 11 is 5.61. The molecule has 0 radical (unpaired) electrons. The second kappa shape index (κ2) is 4.65. The second-order valence-corrected chi connectivity index (χ2v) is 3.89. The number of anilines is 1. The summed E-state index contributed by atoms with van der Waals surface area (Å²) in [5.74, 6) is 0.141. The molecule has 0 spiro atoms. The van der Waals surface area contributed by atoms with E-state index in [9.17, 15) is 4.39 Å². The SMILES string of the molecule is CC(C)N(C)c1ccc(CCl)cc1F. The zero-order valence-electron chi connectivity index (χ0n) is 8.72. The Balaban J connectivity index is 2.99. The van der Waals surface area contributed by atoms with Crippen molar-refractivity contribution in [2.45, 2.75) is 25.8 Å². The van der Waals surface area contributed by atoms with Crippen LogP contribution in [-0.2, 0) is 5.88 Å². The van der Waals surface area contributed by atoms with E-state index in [1.807, 2.05) is 31.9 Å². The molecule has 0 atom stereocenters. The van der Waals surface area contributed by atoms with Gasteiger partial charge in [-0.05, 0) is 31.5 Å². The highest BCUT2D eigenvalue weighted by atomic mass is 35.5. The summed E-state index contributed by atoms with van der Waals surface area (Å²) in [4.78, 5) is 1.90. The number of hydrogen-bond acceptors (Lipinski definition) is 1. The lowest BCUT2D eigenvalue weighted by Gasteiger charge is -2.24. The van der Waals surface area contributed by atoms with E-state index in [0.717, 1.165) is 5.56 Å². The predicted molar refractivity (Wildman–Crippen MR) is 59.5 cm³/mol. The summed E-state index contributed by atoms with van der Waals surface area (Å²) < 4.78 is 13.5. The van der Waals surface area contributed by atoms with Gasteiger partial charge in [-0.15, -0.1) is 11.6 Å². The molecular weight excluding hydrogens is 201 g/mol. The van der Waals surface area contributed by atoms with E-state index in [-0.39, 0.29) is 11.9 Å². The van der Waals surface area contributed by atoms with E-state index >= 15 is 0 Å². The van der Waals surface area contributed by atoms with Gasteiger partial charge in [0.1, 0.15) is 5.82 Å². The smallest absolute Gasteiger partial charge is 0.146 e. The molecule has 0 N–H and O–H groups in total. The lowest BCUT2D eigenvalue weighted by Crippen LogP contribution is -2.26. The van der Waals surface area contributed by atoms with Crippen molar-refractivity contribution in [3.8, 4) is 0 Å². The van der Waals surface area contributed by atoms with Gasteiger partial charge in [0.25, 0.3) is 0 Å². The molecule has 1 nitrogen and oxygen atoms in total. The number of benzene rings is 1. The molecule has 0 aliphatic rings. The molecule has 1 aromatic rings. The van der Waals surface area contributed by atoms with Crippen molar-refractivity contribution in [3.05, 3.63) is 29.6 Å². The fourth-order valence-corrected chi connectivity index (χ4v) is 1.36. The molecule has 3 heteroatoms. The molecular formula is C11H15ClFN. The van der Waals surface area contributed by atoms with Crippen LogP contribution in [0.5, 0.6) is 0 Å². The third kappa shape index (κ3) is 2.38. The number of nitrogens with zero attached hydrogens (tertiary/aromatic N) is 1. The van der Waals surface area contributed by atoms with Crippen molar-refractivity contribution in [2.75, 3.05) is 11.9 Å². The summed E-state index contributed by atoms with van der Waals surface area (Å²) in [5.41, 5.74) is 1.43. The molecule has 0 unspecified atom stereocenters. The van der Waals surface area contributed by atoms with Crippen LogP contribution in [0.25, 0.3) is 0 Å². The first-order valence-corrected chi connectivity index (χ1v) is 5.17. The van der Waals surface area contributed by atoms with Crippen molar-refractivity contribution in [1.29, 1.82) is 0 Å². The van der Waals surface area contributed by atoms with Crippen LogP contribution in [0.1, 0.15) is 19.4 Å². The minimum Gasteiger partial charge on any atom is -0.370 e. The molecule has 0 aromatic heterocycles. The lowest BCUT2D eigenvalue weighted by molar-refractivity contribution is 0.612. The third-order valence-corrected chi connectivity index (χ3v) is 2.63. The van der Waals surface area contributed by atoms with E-state index < -0.39 is 0 Å². The van der Waals surface area contributed by atoms with Crippen LogP contribution in [0.2, 0.25) is 0 Å². The van der Waals surface area contributed by atoms with Crippen LogP contribution >= 0.6 is 11.6 Å². The Morgan fingerprint density at radius 3 is 2.50 bits per heavy atom. The van der Waals surface area contributed by atoms with Crippen molar-refractivity contribution in [2.24, 2.45) is 0 Å². The van der Waals surface area contributed by atoms with Gasteiger partial charge in [0.2, 0.25) is 0 Å². The molecule has 0 bridgehead atoms. The van der Waals surface area contributed by atoms with Crippen molar-refractivity contribution in [1.82, 2.24) is 0 Å². The van der Waals surface area contributed by atoms with Crippen LogP contribution in [-0.4, -0.2) is 13.1 Å². The average Bonchev–Trinajstić information content (AvgIpc) is 2.16.